The summed E-state index contributed by atoms with van der Waals surface area (Å²) in [5.41, 5.74) is 0.998. The van der Waals surface area contributed by atoms with Crippen LogP contribution in [0.15, 0.2) is 24.3 Å². The average molecular weight is 167 g/mol. The molecule has 0 aliphatic carbocycles. The molecule has 0 aliphatic heterocycles. The summed E-state index contributed by atoms with van der Waals surface area (Å²) in [6, 6.07) is 7.65. The molecule has 0 aliphatic rings. The van der Waals surface area contributed by atoms with Crippen molar-refractivity contribution in [1.29, 1.82) is 0 Å². The predicted molar refractivity (Wildman–Crippen MR) is 48.4 cm³/mol. The first-order valence-electron chi connectivity index (χ1n) is 3.70. The van der Waals surface area contributed by atoms with Crippen LogP contribution in [0.3, 0.4) is 0 Å². The summed E-state index contributed by atoms with van der Waals surface area (Å²) < 4.78 is 5.02. The van der Waals surface area contributed by atoms with Crippen molar-refractivity contribution in [2.45, 2.75) is 0 Å². The Kier molecular flexibility index (Phi) is 2.94. The van der Waals surface area contributed by atoms with E-state index in [0.29, 0.717) is 0 Å². The van der Waals surface area contributed by atoms with Crippen molar-refractivity contribution >= 4 is 5.69 Å². The third-order valence-electron chi connectivity index (χ3n) is 1.71. The number of benzene rings is 1. The van der Waals surface area contributed by atoms with Gasteiger partial charge in [-0.05, 0) is 24.3 Å². The molecule has 0 fully saturated rings. The van der Waals surface area contributed by atoms with Gasteiger partial charge < -0.3 is 4.74 Å². The van der Waals surface area contributed by atoms with Crippen molar-refractivity contribution < 1.29 is 9.57 Å². The largest absolute Gasteiger partial charge is 0.497 e. The van der Waals surface area contributed by atoms with Crippen LogP contribution in [0.1, 0.15) is 0 Å². The van der Waals surface area contributed by atoms with Crippen LogP contribution in [0.2, 0.25) is 0 Å². The third-order valence-corrected chi connectivity index (χ3v) is 1.71. The summed E-state index contributed by atoms with van der Waals surface area (Å²) in [6.45, 7) is 0. The van der Waals surface area contributed by atoms with E-state index in [1.165, 1.54) is 0 Å². The molecule has 1 rings (SSSR count). The van der Waals surface area contributed by atoms with E-state index in [-0.39, 0.29) is 0 Å². The maximum Gasteiger partial charge on any atom is 0.119 e. The van der Waals surface area contributed by atoms with Gasteiger partial charge in [0.2, 0.25) is 0 Å². The smallest absolute Gasteiger partial charge is 0.119 e. The van der Waals surface area contributed by atoms with E-state index in [4.69, 9.17) is 9.57 Å². The number of anilines is 1. The second kappa shape index (κ2) is 3.97. The van der Waals surface area contributed by atoms with E-state index in [0.717, 1.165) is 11.4 Å². The molecule has 0 saturated heterocycles. The fourth-order valence-electron chi connectivity index (χ4n) is 0.898. The van der Waals surface area contributed by atoms with E-state index < -0.39 is 0 Å². The Morgan fingerprint density at radius 1 is 1.08 bits per heavy atom. The highest BCUT2D eigenvalue weighted by Crippen LogP contribution is 2.17. The zero-order valence-electron chi connectivity index (χ0n) is 7.57. The van der Waals surface area contributed by atoms with Gasteiger partial charge in [-0.3, -0.25) is 9.90 Å². The highest BCUT2D eigenvalue weighted by atomic mass is 16.7. The molecular formula is C9H13NO2. The van der Waals surface area contributed by atoms with Crippen LogP contribution in [0.5, 0.6) is 5.75 Å². The van der Waals surface area contributed by atoms with Gasteiger partial charge in [-0.25, -0.2) is 0 Å². The van der Waals surface area contributed by atoms with Crippen molar-refractivity contribution in [2.24, 2.45) is 0 Å². The van der Waals surface area contributed by atoms with E-state index >= 15 is 0 Å². The van der Waals surface area contributed by atoms with Gasteiger partial charge in [0.05, 0.1) is 19.9 Å². The SMILES string of the molecule is COc1ccc(N(C)OC)cc1. The average Bonchev–Trinajstić information content (AvgIpc) is 2.17. The number of nitrogens with zero attached hydrogens (tertiary/aromatic N) is 1. The highest BCUT2D eigenvalue weighted by Gasteiger charge is 1.97. The predicted octanol–water partition coefficient (Wildman–Crippen LogP) is 1.69. The second-order valence-electron chi connectivity index (χ2n) is 2.38. The maximum absolute atomic E-state index is 5.02. The zero-order valence-corrected chi connectivity index (χ0v) is 7.57. The maximum atomic E-state index is 5.02. The molecule has 0 bridgehead atoms. The fraction of sp³-hybridized carbons (Fsp3) is 0.333. The Morgan fingerprint density at radius 3 is 2.08 bits per heavy atom. The van der Waals surface area contributed by atoms with Crippen molar-refractivity contribution in [2.75, 3.05) is 26.3 Å². The number of hydrogen-bond acceptors (Lipinski definition) is 3. The minimum absolute atomic E-state index is 0.850. The topological polar surface area (TPSA) is 21.7 Å². The van der Waals surface area contributed by atoms with Crippen LogP contribution in [-0.4, -0.2) is 21.3 Å². The molecule has 0 heterocycles. The van der Waals surface area contributed by atoms with E-state index in [9.17, 15) is 0 Å². The van der Waals surface area contributed by atoms with Crippen molar-refractivity contribution in [3.05, 3.63) is 24.3 Å². The minimum atomic E-state index is 0.850. The number of ether oxygens (including phenoxy) is 1. The lowest BCUT2D eigenvalue weighted by Gasteiger charge is -2.15. The number of methoxy groups -OCH3 is 1. The normalized spacial score (nSPS) is 9.58. The Hall–Kier alpha value is -1.22. The summed E-state index contributed by atoms with van der Waals surface area (Å²) in [6.07, 6.45) is 0. The lowest BCUT2D eigenvalue weighted by molar-refractivity contribution is 0.184. The summed E-state index contributed by atoms with van der Waals surface area (Å²) in [5, 5.41) is 1.68. The van der Waals surface area contributed by atoms with E-state index in [2.05, 4.69) is 0 Å². The van der Waals surface area contributed by atoms with Crippen LogP contribution in [-0.2, 0) is 4.84 Å². The molecule has 0 amide bonds. The van der Waals surface area contributed by atoms with Crippen LogP contribution >= 0.6 is 0 Å². The molecule has 0 atom stereocenters. The Bertz CT molecular complexity index is 233. The molecule has 66 valence electrons. The summed E-state index contributed by atoms with van der Waals surface area (Å²) in [4.78, 5) is 5.00. The molecule has 0 unspecified atom stereocenters. The molecule has 0 aromatic heterocycles. The standard InChI is InChI=1S/C9H13NO2/c1-10(12-3)8-4-6-9(11-2)7-5-8/h4-7H,1-3H3. The van der Waals surface area contributed by atoms with Crippen LogP contribution in [0, 0.1) is 0 Å². The van der Waals surface area contributed by atoms with Gasteiger partial charge in [0.1, 0.15) is 5.75 Å². The second-order valence-corrected chi connectivity index (χ2v) is 2.38. The lowest BCUT2D eigenvalue weighted by Crippen LogP contribution is -2.14. The quantitative estimate of drug-likeness (QED) is 0.639. The molecule has 1 aromatic carbocycles. The Labute approximate surface area is 72.5 Å². The van der Waals surface area contributed by atoms with Crippen LogP contribution < -0.4 is 9.80 Å². The molecule has 3 heteroatoms. The number of rotatable bonds is 3. The van der Waals surface area contributed by atoms with E-state index in [1.54, 1.807) is 19.3 Å². The minimum Gasteiger partial charge on any atom is -0.497 e. The highest BCUT2D eigenvalue weighted by molar-refractivity contribution is 5.46. The van der Waals surface area contributed by atoms with Crippen molar-refractivity contribution in [1.82, 2.24) is 0 Å². The first-order chi connectivity index (χ1) is 5.77. The monoisotopic (exact) mass is 167 g/mol. The van der Waals surface area contributed by atoms with Gasteiger partial charge >= 0.3 is 0 Å². The van der Waals surface area contributed by atoms with Crippen molar-refractivity contribution in [3.63, 3.8) is 0 Å². The molecule has 0 saturated carbocycles. The van der Waals surface area contributed by atoms with Gasteiger partial charge in [-0.1, -0.05) is 0 Å². The molecular weight excluding hydrogens is 154 g/mol. The van der Waals surface area contributed by atoms with Gasteiger partial charge in [-0.2, -0.15) is 0 Å². The third kappa shape index (κ3) is 1.89. The molecule has 1 aromatic rings. The molecule has 0 radical (unpaired) electrons. The fourth-order valence-corrected chi connectivity index (χ4v) is 0.898. The number of hydroxylamine groups is 1. The molecule has 12 heavy (non-hydrogen) atoms. The van der Waals surface area contributed by atoms with Gasteiger partial charge in [-0.15, -0.1) is 0 Å². The Morgan fingerprint density at radius 2 is 1.67 bits per heavy atom. The van der Waals surface area contributed by atoms with E-state index in [1.807, 2.05) is 31.3 Å². The molecule has 3 nitrogen and oxygen atoms in total. The lowest BCUT2D eigenvalue weighted by atomic mass is 10.3. The summed E-state index contributed by atoms with van der Waals surface area (Å²) in [5.74, 6) is 0.850. The molecule has 0 spiro atoms. The number of hydrogen-bond donors (Lipinski definition) is 0. The zero-order chi connectivity index (χ0) is 8.97. The van der Waals surface area contributed by atoms with Gasteiger partial charge in [0, 0.05) is 7.05 Å². The Balaban J connectivity index is 2.77. The van der Waals surface area contributed by atoms with Gasteiger partial charge in [0.25, 0.3) is 0 Å². The van der Waals surface area contributed by atoms with Crippen LogP contribution in [0.4, 0.5) is 5.69 Å². The molecule has 0 N–H and O–H groups in total. The van der Waals surface area contributed by atoms with Crippen molar-refractivity contribution in [3.8, 4) is 5.75 Å². The van der Waals surface area contributed by atoms with Crippen LogP contribution in [0.25, 0.3) is 0 Å². The summed E-state index contributed by atoms with van der Waals surface area (Å²) >= 11 is 0. The first kappa shape index (κ1) is 8.87. The van der Waals surface area contributed by atoms with Gasteiger partial charge in [0.15, 0.2) is 0 Å². The summed E-state index contributed by atoms with van der Waals surface area (Å²) in [7, 11) is 5.13. The first-order valence-corrected chi connectivity index (χ1v) is 3.70.